The first-order valence-electron chi connectivity index (χ1n) is 11.5. The topological polar surface area (TPSA) is 32.3 Å². The third kappa shape index (κ3) is 3.61. The Balaban J connectivity index is 1.95. The second kappa shape index (κ2) is 8.34. The Bertz CT molecular complexity index is 964. The number of nitrogens with zero attached hydrogens (tertiary/aromatic N) is 1. The summed E-state index contributed by atoms with van der Waals surface area (Å²) in [6, 6.07) is 31.7. The maximum absolute atomic E-state index is 13.8. The fourth-order valence-corrected chi connectivity index (χ4v) is 6.57. The van der Waals surface area contributed by atoms with Gasteiger partial charge in [0.05, 0.1) is 14.3 Å². The average molecular weight is 443 g/mol. The molecule has 1 saturated heterocycles. The van der Waals surface area contributed by atoms with E-state index >= 15 is 0 Å². The van der Waals surface area contributed by atoms with Gasteiger partial charge in [0.1, 0.15) is 5.16 Å². The van der Waals surface area contributed by atoms with Crippen LogP contribution in [0.1, 0.15) is 37.5 Å². The zero-order valence-electron chi connectivity index (χ0n) is 19.8. The van der Waals surface area contributed by atoms with Gasteiger partial charge in [0.2, 0.25) is 5.91 Å². The SMILES string of the molecule is C[SiH](C)[C@@]1(NC(c2ccccc2)(c2ccccc2)c2ccccc2)CN(C(C)(C)C)C1=O. The van der Waals surface area contributed by atoms with E-state index in [1.54, 1.807) is 0 Å². The molecule has 4 rings (SSSR count). The lowest BCUT2D eigenvalue weighted by Crippen LogP contribution is -2.83. The van der Waals surface area contributed by atoms with Crippen molar-refractivity contribution in [2.75, 3.05) is 6.54 Å². The van der Waals surface area contributed by atoms with Crippen LogP contribution < -0.4 is 5.32 Å². The van der Waals surface area contributed by atoms with E-state index in [1.165, 1.54) is 0 Å². The molecule has 1 heterocycles. The molecule has 0 aliphatic carbocycles. The highest BCUT2D eigenvalue weighted by atomic mass is 28.3. The lowest BCUT2D eigenvalue weighted by Gasteiger charge is -2.59. The number of nitrogens with one attached hydrogen (secondary N) is 1. The van der Waals surface area contributed by atoms with Gasteiger partial charge in [0.25, 0.3) is 0 Å². The van der Waals surface area contributed by atoms with Crippen molar-refractivity contribution in [2.24, 2.45) is 0 Å². The highest BCUT2D eigenvalue weighted by Crippen LogP contribution is 2.42. The Morgan fingerprint density at radius 2 is 1.12 bits per heavy atom. The van der Waals surface area contributed by atoms with Crippen molar-refractivity contribution in [2.45, 2.75) is 50.1 Å². The zero-order chi connectivity index (χ0) is 23.0. The minimum atomic E-state index is -1.45. The fourth-order valence-electron chi connectivity index (χ4n) is 4.86. The van der Waals surface area contributed by atoms with Crippen LogP contribution in [0, 0.1) is 0 Å². The Morgan fingerprint density at radius 1 is 0.750 bits per heavy atom. The molecular formula is C28H34N2OSi. The van der Waals surface area contributed by atoms with Crippen LogP contribution in [-0.2, 0) is 10.3 Å². The molecule has 1 fully saturated rings. The van der Waals surface area contributed by atoms with Crippen LogP contribution in [0.3, 0.4) is 0 Å². The fraction of sp³-hybridized carbons (Fsp3) is 0.321. The summed E-state index contributed by atoms with van der Waals surface area (Å²) < 4.78 is 0. The van der Waals surface area contributed by atoms with Gasteiger partial charge in [-0.2, -0.15) is 0 Å². The molecule has 32 heavy (non-hydrogen) atoms. The van der Waals surface area contributed by atoms with Crippen LogP contribution in [0.15, 0.2) is 91.0 Å². The van der Waals surface area contributed by atoms with E-state index in [9.17, 15) is 4.79 Å². The van der Waals surface area contributed by atoms with Crippen molar-refractivity contribution < 1.29 is 4.79 Å². The average Bonchev–Trinajstić information content (AvgIpc) is 2.79. The number of β-lactam (4-membered cyclic amide) rings is 1. The number of benzene rings is 3. The normalized spacial score (nSPS) is 19.2. The number of amides is 1. The zero-order valence-corrected chi connectivity index (χ0v) is 21.0. The lowest BCUT2D eigenvalue weighted by molar-refractivity contribution is -0.155. The molecule has 166 valence electrons. The number of hydrogen-bond acceptors (Lipinski definition) is 2. The molecule has 3 aromatic rings. The summed E-state index contributed by atoms with van der Waals surface area (Å²) in [5.74, 6) is 0.235. The third-order valence-electron chi connectivity index (χ3n) is 6.86. The first kappa shape index (κ1) is 22.5. The van der Waals surface area contributed by atoms with Crippen molar-refractivity contribution in [1.82, 2.24) is 10.2 Å². The molecule has 0 aromatic heterocycles. The van der Waals surface area contributed by atoms with Crippen LogP contribution in [0.25, 0.3) is 0 Å². The number of carbonyl (C=O) groups excluding carboxylic acids is 1. The molecule has 1 atom stereocenters. The van der Waals surface area contributed by atoms with E-state index in [-0.39, 0.29) is 11.4 Å². The molecule has 3 nitrogen and oxygen atoms in total. The second-order valence-electron chi connectivity index (χ2n) is 10.2. The summed E-state index contributed by atoms with van der Waals surface area (Å²) in [5.41, 5.74) is 2.64. The first-order chi connectivity index (χ1) is 15.2. The second-order valence-corrected chi connectivity index (χ2v) is 13.5. The molecule has 1 N–H and O–H groups in total. The predicted octanol–water partition coefficient (Wildman–Crippen LogP) is 4.97. The third-order valence-corrected chi connectivity index (χ3v) is 9.41. The quantitative estimate of drug-likeness (QED) is 0.332. The minimum Gasteiger partial charge on any atom is -0.334 e. The molecule has 4 heteroatoms. The first-order valence-corrected chi connectivity index (χ1v) is 14.4. The summed E-state index contributed by atoms with van der Waals surface area (Å²) in [5, 5.41) is 3.53. The summed E-state index contributed by atoms with van der Waals surface area (Å²) in [6.45, 7) is 11.7. The van der Waals surface area contributed by atoms with E-state index in [4.69, 9.17) is 0 Å². The van der Waals surface area contributed by atoms with Gasteiger partial charge in [-0.15, -0.1) is 0 Å². The van der Waals surface area contributed by atoms with E-state index in [1.807, 2.05) is 23.1 Å². The molecule has 0 unspecified atom stereocenters. The summed E-state index contributed by atoms with van der Waals surface area (Å²) in [7, 11) is -1.45. The van der Waals surface area contributed by atoms with E-state index in [0.29, 0.717) is 0 Å². The van der Waals surface area contributed by atoms with Gasteiger partial charge in [-0.1, -0.05) is 104 Å². The Morgan fingerprint density at radius 3 is 1.41 bits per heavy atom. The smallest absolute Gasteiger partial charge is 0.241 e. The van der Waals surface area contributed by atoms with E-state index < -0.39 is 19.5 Å². The summed E-state index contributed by atoms with van der Waals surface area (Å²) in [6.07, 6.45) is 0. The van der Waals surface area contributed by atoms with Gasteiger partial charge in [0.15, 0.2) is 0 Å². The molecule has 0 spiro atoms. The van der Waals surface area contributed by atoms with Crippen LogP contribution in [0.4, 0.5) is 0 Å². The van der Waals surface area contributed by atoms with Crippen molar-refractivity contribution >= 4 is 14.7 Å². The Kier molecular flexibility index (Phi) is 5.86. The largest absolute Gasteiger partial charge is 0.334 e. The predicted molar refractivity (Wildman–Crippen MR) is 135 cm³/mol. The summed E-state index contributed by atoms with van der Waals surface area (Å²) >= 11 is 0. The van der Waals surface area contributed by atoms with Gasteiger partial charge in [0, 0.05) is 12.1 Å². The highest BCUT2D eigenvalue weighted by molar-refractivity contribution is 6.65. The maximum Gasteiger partial charge on any atom is 0.241 e. The van der Waals surface area contributed by atoms with Crippen molar-refractivity contribution in [3.05, 3.63) is 108 Å². The Labute approximate surface area is 194 Å². The van der Waals surface area contributed by atoms with Gasteiger partial charge < -0.3 is 4.90 Å². The van der Waals surface area contributed by atoms with Crippen molar-refractivity contribution in [3.63, 3.8) is 0 Å². The van der Waals surface area contributed by atoms with Gasteiger partial charge in [-0.3, -0.25) is 10.1 Å². The molecule has 1 aliphatic rings. The van der Waals surface area contributed by atoms with Crippen molar-refractivity contribution in [1.29, 1.82) is 0 Å². The molecule has 0 radical (unpaired) electrons. The number of carbonyl (C=O) groups is 1. The maximum atomic E-state index is 13.8. The summed E-state index contributed by atoms with van der Waals surface area (Å²) in [4.78, 5) is 15.9. The lowest BCUT2D eigenvalue weighted by atomic mass is 9.75. The van der Waals surface area contributed by atoms with E-state index in [2.05, 4.69) is 112 Å². The van der Waals surface area contributed by atoms with Crippen molar-refractivity contribution in [3.8, 4) is 0 Å². The molecule has 1 amide bonds. The standard InChI is InChI=1S/C28H34N2OSi/c1-26(2,3)30-21-27(25(30)31,32(4)5)29-28(22-15-9-6-10-16-22,23-17-11-7-12-18-23)24-19-13-8-14-20-24/h6-20,29,32H,21H2,1-5H3/t27-/m0/s1. The number of likely N-dealkylation sites (tertiary alicyclic amines) is 1. The van der Waals surface area contributed by atoms with Crippen LogP contribution >= 0.6 is 0 Å². The van der Waals surface area contributed by atoms with Crippen LogP contribution in [0.2, 0.25) is 13.1 Å². The van der Waals surface area contributed by atoms with Gasteiger partial charge in [-0.25, -0.2) is 0 Å². The molecule has 3 aromatic carbocycles. The van der Waals surface area contributed by atoms with Crippen LogP contribution in [-0.4, -0.2) is 36.8 Å². The van der Waals surface area contributed by atoms with Crippen LogP contribution in [0.5, 0.6) is 0 Å². The van der Waals surface area contributed by atoms with E-state index in [0.717, 1.165) is 23.2 Å². The Hall–Kier alpha value is -2.69. The molecule has 1 aliphatic heterocycles. The molecular weight excluding hydrogens is 408 g/mol. The minimum absolute atomic E-state index is 0.180. The van der Waals surface area contributed by atoms with Gasteiger partial charge in [-0.05, 0) is 37.5 Å². The highest BCUT2D eigenvalue weighted by Gasteiger charge is 2.60. The number of rotatable bonds is 6. The molecule has 0 saturated carbocycles. The number of hydrogen-bond donors (Lipinski definition) is 1. The molecule has 0 bridgehead atoms. The van der Waals surface area contributed by atoms with Gasteiger partial charge >= 0.3 is 0 Å². The monoisotopic (exact) mass is 442 g/mol.